The van der Waals surface area contributed by atoms with Gasteiger partial charge < -0.3 is 23.3 Å². The van der Waals surface area contributed by atoms with Gasteiger partial charge in [-0.05, 0) is 31.7 Å². The van der Waals surface area contributed by atoms with Crippen LogP contribution in [0, 0.1) is 69.2 Å². The third-order valence-electron chi connectivity index (χ3n) is 5.62. The van der Waals surface area contributed by atoms with E-state index in [1.54, 1.807) is 0 Å². The maximum absolute atomic E-state index is 3.67. The van der Waals surface area contributed by atoms with E-state index in [9.17, 15) is 0 Å². The normalized spacial score (nSPS) is 9.00. The van der Waals surface area contributed by atoms with E-state index in [1.807, 2.05) is 0 Å². The Hall–Kier alpha value is 2.39. The van der Waals surface area contributed by atoms with Gasteiger partial charge in [0.15, 0.2) is 0 Å². The van der Waals surface area contributed by atoms with Crippen molar-refractivity contribution in [1.29, 1.82) is 0 Å². The van der Waals surface area contributed by atoms with Crippen LogP contribution in [0.1, 0.15) is 55.6 Å². The molecule has 2 radical (unpaired) electrons. The fraction of sp³-hybridized carbons (Fsp3) is 0.688. The molecular weight excluding hydrogens is 953 g/mol. The van der Waals surface area contributed by atoms with Crippen molar-refractivity contribution in [2.45, 2.75) is 69.2 Å². The van der Waals surface area contributed by atoms with Gasteiger partial charge in [0.25, 0.3) is 0 Å². The van der Waals surface area contributed by atoms with E-state index in [0.717, 1.165) is 0 Å². The molecule has 232 valence electrons. The van der Waals surface area contributed by atoms with Crippen molar-refractivity contribution in [3.8, 4) is 0 Å². The summed E-state index contributed by atoms with van der Waals surface area (Å²) in [6, 6.07) is 0. The average Bonchev–Trinajstić information content (AvgIpc) is 3.04. The number of hydrogen-bond acceptors (Lipinski definition) is 2. The topological polar surface area (TPSA) is 0 Å². The summed E-state index contributed by atoms with van der Waals surface area (Å²) in [6.45, 7) is 49.2. The van der Waals surface area contributed by atoms with E-state index in [1.165, 1.54) is 55.6 Å². The van der Waals surface area contributed by atoms with E-state index in [2.05, 4.69) is 173 Å². The molecule has 0 unspecified atom stereocenters. The minimum atomic E-state index is 0. The van der Waals surface area contributed by atoms with Crippen LogP contribution >= 0.6 is 31.7 Å². The molecule has 0 heterocycles. The van der Waals surface area contributed by atoms with E-state index in [0.29, 0.717) is 0 Å². The fourth-order valence-electron chi connectivity index (χ4n) is 2.81. The summed E-state index contributed by atoms with van der Waals surface area (Å²) in [7, 11) is 0.481. The predicted octanol–water partition coefficient (Wildman–Crippen LogP) is 10.2. The van der Waals surface area contributed by atoms with Gasteiger partial charge in [-0.15, -0.1) is 0 Å². The van der Waals surface area contributed by atoms with Crippen LogP contribution in [-0.4, -0.2) is 80.0 Å². The second-order valence-electron chi connectivity index (χ2n) is 12.2. The molecule has 0 aromatic heterocycles. The summed E-state index contributed by atoms with van der Waals surface area (Å²) in [5.41, 5.74) is 14.7. The molecule has 0 saturated heterocycles. The molecule has 0 atom stereocenters. The minimum Gasteiger partial charge on any atom is -1.00 e. The van der Waals surface area contributed by atoms with E-state index in [-0.39, 0.29) is 71.3 Å². The third-order valence-corrected chi connectivity index (χ3v) is 5.62. The standard InChI is InChI=1S/2C10H15.4C3H9P.2Os.S2/c2*1-6-7(2)9(4)10(5)8(6)3;4*1-4(2)3;;;1-2/h2*1-5H3;4*1-3H3;;;/q2*-1;;;;;2*+7;-2/p+4. The minimum absolute atomic E-state index is 0. The van der Waals surface area contributed by atoms with Gasteiger partial charge in [-0.3, -0.25) is 0 Å². The summed E-state index contributed by atoms with van der Waals surface area (Å²) in [5.74, 6) is 0. The van der Waals surface area contributed by atoms with Gasteiger partial charge in [0.05, 0.1) is 0 Å². The van der Waals surface area contributed by atoms with Crippen LogP contribution in [-0.2, 0) is 62.9 Å². The zero-order chi connectivity index (χ0) is 32.1. The van der Waals surface area contributed by atoms with Gasteiger partial charge in [-0.2, -0.15) is 55.6 Å². The Kier molecular flexibility index (Phi) is 49.7. The van der Waals surface area contributed by atoms with E-state index < -0.39 is 0 Å². The van der Waals surface area contributed by atoms with Crippen molar-refractivity contribution in [2.24, 2.45) is 0 Å². The summed E-state index contributed by atoms with van der Waals surface area (Å²) in [4.78, 5) is 0. The molecule has 8 heteroatoms. The Morgan fingerprint density at radius 1 is 0.350 bits per heavy atom. The first kappa shape index (κ1) is 58.0. The van der Waals surface area contributed by atoms with E-state index in [4.69, 9.17) is 0 Å². The Morgan fingerprint density at radius 3 is 0.450 bits per heavy atom. The third kappa shape index (κ3) is 34.9. The van der Waals surface area contributed by atoms with Gasteiger partial charge in [-0.1, -0.05) is 69.2 Å². The summed E-state index contributed by atoms with van der Waals surface area (Å²) in [6.07, 6.45) is 0. The molecule has 0 saturated carbocycles. The van der Waals surface area contributed by atoms with Crippen molar-refractivity contribution in [2.75, 3.05) is 80.0 Å². The summed E-state index contributed by atoms with van der Waals surface area (Å²) >= 11 is 7.33. The maximum Gasteiger partial charge on any atom is 7.00 e. The van der Waals surface area contributed by atoms with Crippen molar-refractivity contribution in [3.63, 3.8) is 0 Å². The Bertz CT molecular complexity index is 574. The molecule has 0 aliphatic rings. The molecule has 2 aromatic carbocycles. The van der Waals surface area contributed by atoms with Gasteiger partial charge in [0.2, 0.25) is 0 Å². The average molecular weight is 1020 g/mol. The second kappa shape index (κ2) is 34.3. The first-order valence-electron chi connectivity index (χ1n) is 13.7. The quantitative estimate of drug-likeness (QED) is 0.112. The Labute approximate surface area is 297 Å². The molecule has 0 N–H and O–H groups in total. The van der Waals surface area contributed by atoms with Gasteiger partial charge >= 0.3 is 39.6 Å². The molecule has 0 spiro atoms. The molecule has 0 amide bonds. The molecule has 0 aliphatic carbocycles. The predicted molar refractivity (Wildman–Crippen MR) is 211 cm³/mol. The van der Waals surface area contributed by atoms with Crippen LogP contribution in [0.4, 0.5) is 0 Å². The number of rotatable bonds is 0. The molecule has 2 aromatic rings. The van der Waals surface area contributed by atoms with Gasteiger partial charge in [-0.25, -0.2) is 0 Å². The smallest absolute Gasteiger partial charge is 1.00 e. The van der Waals surface area contributed by atoms with E-state index >= 15 is 0 Å². The molecule has 0 bridgehead atoms. The summed E-state index contributed by atoms with van der Waals surface area (Å²) < 4.78 is 0. The molecule has 2 rings (SSSR count). The maximum atomic E-state index is 3.67. The molecule has 40 heavy (non-hydrogen) atoms. The monoisotopic (exact) mass is 1030 g/mol. The second-order valence-corrected chi connectivity index (χ2v) is 24.2. The van der Waals surface area contributed by atoms with Crippen molar-refractivity contribution < 1.29 is 39.6 Å². The zero-order valence-corrected chi connectivity index (χ0v) is 41.2. The van der Waals surface area contributed by atoms with Crippen LogP contribution in [0.5, 0.6) is 0 Å². The molecular formula is C32H70Os2P4S2+14. The Balaban J connectivity index is -0.0000000677. The molecule has 0 aliphatic heterocycles. The van der Waals surface area contributed by atoms with Crippen molar-refractivity contribution in [1.82, 2.24) is 0 Å². The van der Waals surface area contributed by atoms with Gasteiger partial charge in [0.1, 0.15) is 0 Å². The van der Waals surface area contributed by atoms with Crippen molar-refractivity contribution in [3.05, 3.63) is 55.6 Å². The van der Waals surface area contributed by atoms with Crippen LogP contribution in [0.2, 0.25) is 0 Å². The number of hydrogen-bond donors (Lipinski definition) is 0. The Morgan fingerprint density at radius 2 is 0.425 bits per heavy atom. The van der Waals surface area contributed by atoms with Gasteiger partial charge in [0, 0.05) is 80.0 Å². The van der Waals surface area contributed by atoms with Crippen LogP contribution < -0.4 is 0 Å². The largest absolute Gasteiger partial charge is 7.00 e. The van der Waals surface area contributed by atoms with Crippen LogP contribution in [0.25, 0.3) is 0 Å². The fourth-order valence-corrected chi connectivity index (χ4v) is 2.81. The molecule has 0 fully saturated rings. The SMILES string of the molecule is C[PH+](C)C.C[PH+](C)C.C[PH+](C)C.C[PH+](C)C.Cc1c(C)c(C)[c-](C)c1C.Cc1c(C)c(C)[c-](C)c1C.[Os+7].[Os+7].[S-][S-]. The first-order chi connectivity index (χ1) is 17.0. The molecule has 0 nitrogen and oxygen atoms in total. The van der Waals surface area contributed by atoms with Crippen LogP contribution in [0.3, 0.4) is 0 Å². The first-order valence-corrected chi connectivity index (χ1v) is 27.0. The van der Waals surface area contributed by atoms with Crippen LogP contribution in [0.15, 0.2) is 0 Å². The summed E-state index contributed by atoms with van der Waals surface area (Å²) in [5, 5.41) is 0. The zero-order valence-electron chi connectivity index (χ0n) is 30.5. The van der Waals surface area contributed by atoms with Crippen molar-refractivity contribution >= 4 is 55.0 Å².